The van der Waals surface area contributed by atoms with Gasteiger partial charge in [-0.25, -0.2) is 4.79 Å². The first kappa shape index (κ1) is 17.8. The number of rotatable bonds is 6. The minimum Gasteiger partial charge on any atom is -0.492 e. The highest BCUT2D eigenvalue weighted by molar-refractivity contribution is 6.79. The summed E-state index contributed by atoms with van der Waals surface area (Å²) < 4.78 is 16.7. The lowest BCUT2D eigenvalue weighted by molar-refractivity contribution is 0.0684. The smallest absolute Gasteiger partial charge is 0.387 e. The Morgan fingerprint density at radius 3 is 2.10 bits per heavy atom. The molecule has 0 spiro atoms. The second-order valence-corrected chi connectivity index (χ2v) is 12.7. The molecule has 0 atom stereocenters. The summed E-state index contributed by atoms with van der Waals surface area (Å²) in [5.74, 6) is -0.569. The molecule has 1 aromatic carbocycles. The standard InChI is InChI=1S/C14H22O5Si2/c1-11(15)12-8-7-9-13(10-12)14(16)18-21(5,6)19-20(3,4)17-2/h7-10H,1-6H3. The summed E-state index contributed by atoms with van der Waals surface area (Å²) in [6.45, 7) is 8.85. The first-order chi connectivity index (χ1) is 9.56. The molecule has 0 saturated heterocycles. The number of hydrogen-bond acceptors (Lipinski definition) is 5. The van der Waals surface area contributed by atoms with Crippen LogP contribution in [0.3, 0.4) is 0 Å². The van der Waals surface area contributed by atoms with Gasteiger partial charge in [-0.2, -0.15) is 0 Å². The Labute approximate surface area is 127 Å². The molecule has 7 heteroatoms. The molecule has 0 aliphatic rings. The first-order valence-electron chi connectivity index (χ1n) is 6.66. The highest BCUT2D eigenvalue weighted by Gasteiger charge is 2.38. The zero-order valence-corrected chi connectivity index (χ0v) is 15.4. The number of benzene rings is 1. The van der Waals surface area contributed by atoms with E-state index in [-0.39, 0.29) is 5.78 Å². The average molecular weight is 326 g/mol. The summed E-state index contributed by atoms with van der Waals surface area (Å²) >= 11 is 0. The quantitative estimate of drug-likeness (QED) is 0.594. The monoisotopic (exact) mass is 326 g/mol. The zero-order chi connectivity index (χ0) is 16.3. The van der Waals surface area contributed by atoms with Crippen LogP contribution in [0.5, 0.6) is 0 Å². The molecule has 116 valence electrons. The molecule has 0 aliphatic heterocycles. The lowest BCUT2D eigenvalue weighted by Crippen LogP contribution is -2.48. The van der Waals surface area contributed by atoms with Gasteiger partial charge < -0.3 is 13.0 Å². The van der Waals surface area contributed by atoms with Gasteiger partial charge >= 0.3 is 23.1 Å². The van der Waals surface area contributed by atoms with Crippen molar-refractivity contribution in [2.24, 2.45) is 0 Å². The van der Waals surface area contributed by atoms with Crippen molar-refractivity contribution in [1.29, 1.82) is 0 Å². The normalized spacial score (nSPS) is 12.1. The van der Waals surface area contributed by atoms with Gasteiger partial charge in [0, 0.05) is 12.7 Å². The molecular weight excluding hydrogens is 304 g/mol. The van der Waals surface area contributed by atoms with Crippen molar-refractivity contribution in [3.63, 3.8) is 0 Å². The molecule has 0 radical (unpaired) electrons. The lowest BCUT2D eigenvalue weighted by atomic mass is 10.1. The maximum absolute atomic E-state index is 12.2. The zero-order valence-electron chi connectivity index (χ0n) is 13.4. The Morgan fingerprint density at radius 2 is 1.57 bits per heavy atom. The minimum absolute atomic E-state index is 0.0923. The first-order valence-corrected chi connectivity index (χ1v) is 12.3. The maximum atomic E-state index is 12.2. The van der Waals surface area contributed by atoms with Crippen LogP contribution in [0.1, 0.15) is 27.6 Å². The van der Waals surface area contributed by atoms with Gasteiger partial charge in [-0.3, -0.25) is 4.79 Å². The van der Waals surface area contributed by atoms with Crippen molar-refractivity contribution in [3.8, 4) is 0 Å². The van der Waals surface area contributed by atoms with Crippen LogP contribution in [0.2, 0.25) is 26.2 Å². The number of Topliss-reactive ketones (excluding diaryl/α,β-unsaturated/α-hetero) is 1. The molecule has 0 N–H and O–H groups in total. The topological polar surface area (TPSA) is 61.8 Å². The Kier molecular flexibility index (Phi) is 5.63. The molecule has 21 heavy (non-hydrogen) atoms. The molecule has 0 amide bonds. The summed E-state index contributed by atoms with van der Waals surface area (Å²) in [7, 11) is -3.33. The van der Waals surface area contributed by atoms with Crippen LogP contribution in [0.25, 0.3) is 0 Å². The van der Waals surface area contributed by atoms with Crippen LogP contribution in [-0.4, -0.2) is 36.0 Å². The number of carbonyl (C=O) groups excluding carboxylic acids is 2. The van der Waals surface area contributed by atoms with Gasteiger partial charge in [0.25, 0.3) is 0 Å². The molecule has 1 aromatic rings. The molecular formula is C14H22O5Si2. The van der Waals surface area contributed by atoms with Gasteiger partial charge in [0.05, 0.1) is 5.56 Å². The van der Waals surface area contributed by atoms with Crippen LogP contribution >= 0.6 is 0 Å². The van der Waals surface area contributed by atoms with Crippen LogP contribution in [0.4, 0.5) is 0 Å². The predicted octanol–water partition coefficient (Wildman–Crippen LogP) is 3.11. The van der Waals surface area contributed by atoms with Crippen LogP contribution in [0, 0.1) is 0 Å². The fourth-order valence-corrected chi connectivity index (χ4v) is 7.60. The van der Waals surface area contributed by atoms with E-state index in [9.17, 15) is 9.59 Å². The van der Waals surface area contributed by atoms with Crippen LogP contribution in [-0.2, 0) is 13.0 Å². The maximum Gasteiger partial charge on any atom is 0.387 e. The van der Waals surface area contributed by atoms with E-state index in [1.165, 1.54) is 13.0 Å². The second kappa shape index (κ2) is 6.65. The van der Waals surface area contributed by atoms with Crippen LogP contribution in [0.15, 0.2) is 24.3 Å². The SMILES string of the molecule is CO[Si](C)(C)O[Si](C)(C)OC(=O)c1cccc(C(C)=O)c1. The lowest BCUT2D eigenvalue weighted by Gasteiger charge is -2.31. The van der Waals surface area contributed by atoms with E-state index in [1.807, 2.05) is 13.1 Å². The highest BCUT2D eigenvalue weighted by Crippen LogP contribution is 2.18. The third-order valence-electron chi connectivity index (χ3n) is 2.83. The van der Waals surface area contributed by atoms with Gasteiger partial charge in [0.15, 0.2) is 5.78 Å². The molecule has 0 saturated carbocycles. The summed E-state index contributed by atoms with van der Waals surface area (Å²) in [5, 5.41) is 0. The summed E-state index contributed by atoms with van der Waals surface area (Å²) in [4.78, 5) is 23.6. The van der Waals surface area contributed by atoms with E-state index in [0.29, 0.717) is 11.1 Å². The minimum atomic E-state index is -2.65. The fraction of sp³-hybridized carbons (Fsp3) is 0.429. The number of carbonyl (C=O) groups is 2. The molecule has 0 fully saturated rings. The van der Waals surface area contributed by atoms with Crippen LogP contribution < -0.4 is 0 Å². The Bertz CT molecular complexity index is 540. The third kappa shape index (κ3) is 5.54. The van der Waals surface area contributed by atoms with E-state index >= 15 is 0 Å². The van der Waals surface area contributed by atoms with Crippen molar-refractivity contribution in [2.75, 3.05) is 7.11 Å². The molecule has 5 nitrogen and oxygen atoms in total. The van der Waals surface area contributed by atoms with E-state index in [1.54, 1.807) is 38.4 Å². The molecule has 0 aliphatic carbocycles. The van der Waals surface area contributed by atoms with Gasteiger partial charge in [0.2, 0.25) is 0 Å². The second-order valence-electron chi connectivity index (χ2n) is 5.63. The van der Waals surface area contributed by atoms with E-state index in [0.717, 1.165) is 0 Å². The van der Waals surface area contributed by atoms with Crippen molar-refractivity contribution in [1.82, 2.24) is 0 Å². The fourth-order valence-electron chi connectivity index (χ4n) is 1.80. The third-order valence-corrected chi connectivity index (χ3v) is 8.42. The number of ketones is 1. The summed E-state index contributed by atoms with van der Waals surface area (Å²) in [6.07, 6.45) is 0. The van der Waals surface area contributed by atoms with E-state index < -0.39 is 23.1 Å². The van der Waals surface area contributed by atoms with Gasteiger partial charge in [0.1, 0.15) is 0 Å². The van der Waals surface area contributed by atoms with Crippen molar-refractivity contribution < 1.29 is 22.6 Å². The molecule has 0 bridgehead atoms. The van der Waals surface area contributed by atoms with Crippen molar-refractivity contribution in [2.45, 2.75) is 33.1 Å². The largest absolute Gasteiger partial charge is 0.492 e. The molecule has 0 heterocycles. The Hall–Kier alpha value is -1.29. The molecule has 1 rings (SSSR count). The van der Waals surface area contributed by atoms with Gasteiger partial charge in [-0.1, -0.05) is 12.1 Å². The van der Waals surface area contributed by atoms with Gasteiger partial charge in [-0.05, 0) is 45.2 Å². The molecule has 0 aromatic heterocycles. The number of hydrogen-bond donors (Lipinski definition) is 0. The summed E-state index contributed by atoms with van der Waals surface area (Å²) in [5.41, 5.74) is 0.834. The van der Waals surface area contributed by atoms with E-state index in [2.05, 4.69) is 0 Å². The Balaban J connectivity index is 2.85. The van der Waals surface area contributed by atoms with Crippen molar-refractivity contribution >= 4 is 28.9 Å². The molecule has 0 unspecified atom stereocenters. The predicted molar refractivity (Wildman–Crippen MR) is 84.9 cm³/mol. The highest BCUT2D eigenvalue weighted by atomic mass is 28.5. The summed E-state index contributed by atoms with van der Waals surface area (Å²) in [6, 6.07) is 6.49. The average Bonchev–Trinajstić information content (AvgIpc) is 2.37. The van der Waals surface area contributed by atoms with Crippen molar-refractivity contribution in [3.05, 3.63) is 35.4 Å². The Morgan fingerprint density at radius 1 is 1.00 bits per heavy atom. The van der Waals surface area contributed by atoms with Gasteiger partial charge in [-0.15, -0.1) is 0 Å². The van der Waals surface area contributed by atoms with E-state index in [4.69, 9.17) is 13.0 Å².